The van der Waals surface area contributed by atoms with Crippen molar-refractivity contribution in [2.24, 2.45) is 0 Å². The lowest BCUT2D eigenvalue weighted by Gasteiger charge is -2.09. The fourth-order valence-electron chi connectivity index (χ4n) is 2.74. The van der Waals surface area contributed by atoms with Gasteiger partial charge in [-0.25, -0.2) is 9.48 Å². The number of ether oxygens (including phenoxy) is 1. The summed E-state index contributed by atoms with van der Waals surface area (Å²) in [5.41, 5.74) is 2.48. The first kappa shape index (κ1) is 19.7. The Bertz CT molecular complexity index is 1020. The molecule has 0 spiro atoms. The molecule has 0 radical (unpaired) electrons. The summed E-state index contributed by atoms with van der Waals surface area (Å²) in [7, 11) is 0. The Morgan fingerprint density at radius 3 is 2.74 bits per heavy atom. The summed E-state index contributed by atoms with van der Waals surface area (Å²) in [4.78, 5) is 14.5. The summed E-state index contributed by atoms with van der Waals surface area (Å²) in [6, 6.07) is 9.23. The number of aromatic nitrogens is 2. The van der Waals surface area contributed by atoms with Crippen LogP contribution in [0.25, 0.3) is 22.3 Å². The predicted octanol–water partition coefficient (Wildman–Crippen LogP) is 6.43. The third-order valence-electron chi connectivity index (χ3n) is 3.92. The third-order valence-corrected chi connectivity index (χ3v) is 5.52. The zero-order valence-corrected chi connectivity index (χ0v) is 17.5. The molecule has 0 aliphatic heterocycles. The number of esters is 1. The number of hydrogen-bond acceptors (Lipinski definition) is 4. The topological polar surface area (TPSA) is 44.1 Å². The minimum atomic E-state index is -0.453. The number of allylic oxidation sites excluding steroid dienone is 1. The van der Waals surface area contributed by atoms with E-state index in [0.717, 1.165) is 21.0 Å². The van der Waals surface area contributed by atoms with Gasteiger partial charge in [0.2, 0.25) is 0 Å². The molecule has 7 heteroatoms. The molecule has 0 unspecified atom stereocenters. The van der Waals surface area contributed by atoms with Crippen LogP contribution in [-0.4, -0.2) is 22.4 Å². The number of hydrogen-bond donors (Lipinski definition) is 0. The van der Waals surface area contributed by atoms with Crippen molar-refractivity contribution >= 4 is 46.6 Å². The molecule has 2 aromatic heterocycles. The Kier molecular flexibility index (Phi) is 6.05. The summed E-state index contributed by atoms with van der Waals surface area (Å²) < 4.78 is 6.85. The number of nitrogens with zero attached hydrogens (tertiary/aromatic N) is 2. The largest absolute Gasteiger partial charge is 0.461 e. The van der Waals surface area contributed by atoms with Gasteiger partial charge in [-0.15, -0.1) is 11.3 Å². The van der Waals surface area contributed by atoms with Crippen molar-refractivity contribution in [1.29, 1.82) is 0 Å². The van der Waals surface area contributed by atoms with Gasteiger partial charge in [0.25, 0.3) is 0 Å². The maximum Gasteiger partial charge on any atom is 0.359 e. The van der Waals surface area contributed by atoms with Crippen molar-refractivity contribution in [3.05, 3.63) is 62.6 Å². The Morgan fingerprint density at radius 1 is 1.30 bits per heavy atom. The van der Waals surface area contributed by atoms with Crippen molar-refractivity contribution in [3.8, 4) is 16.3 Å². The monoisotopic (exact) mass is 420 g/mol. The van der Waals surface area contributed by atoms with Crippen molar-refractivity contribution in [2.75, 3.05) is 6.61 Å². The van der Waals surface area contributed by atoms with Crippen molar-refractivity contribution in [1.82, 2.24) is 9.78 Å². The van der Waals surface area contributed by atoms with E-state index in [-0.39, 0.29) is 12.3 Å². The molecule has 0 saturated carbocycles. The van der Waals surface area contributed by atoms with Gasteiger partial charge in [-0.3, -0.25) is 0 Å². The molecular formula is C20H18Cl2N2O2S. The van der Waals surface area contributed by atoms with E-state index in [1.54, 1.807) is 41.1 Å². The molecule has 0 fully saturated rings. The maximum absolute atomic E-state index is 12.4. The van der Waals surface area contributed by atoms with Gasteiger partial charge in [0, 0.05) is 15.5 Å². The summed E-state index contributed by atoms with van der Waals surface area (Å²) in [5.74, 6) is -0.453. The highest BCUT2D eigenvalue weighted by Crippen LogP contribution is 2.36. The Labute approximate surface area is 172 Å². The molecule has 0 aliphatic carbocycles. The zero-order valence-electron chi connectivity index (χ0n) is 15.1. The lowest BCUT2D eigenvalue weighted by molar-refractivity contribution is 0.0518. The van der Waals surface area contributed by atoms with Gasteiger partial charge in [-0.1, -0.05) is 29.3 Å². The van der Waals surface area contributed by atoms with Crippen LogP contribution in [0.2, 0.25) is 10.0 Å². The molecule has 0 N–H and O–H groups in total. The van der Waals surface area contributed by atoms with Gasteiger partial charge < -0.3 is 4.74 Å². The first-order valence-electron chi connectivity index (χ1n) is 8.41. The molecule has 4 nitrogen and oxygen atoms in total. The zero-order chi connectivity index (χ0) is 19.6. The van der Waals surface area contributed by atoms with E-state index in [0.29, 0.717) is 15.7 Å². The second kappa shape index (κ2) is 8.30. The lowest BCUT2D eigenvalue weighted by Crippen LogP contribution is -2.07. The quantitative estimate of drug-likeness (QED) is 0.446. The van der Waals surface area contributed by atoms with Gasteiger partial charge in [0.15, 0.2) is 5.69 Å². The highest BCUT2D eigenvalue weighted by atomic mass is 35.5. The predicted molar refractivity (Wildman–Crippen MR) is 112 cm³/mol. The SMILES string of the molecule is CC=Cc1ccc(-c2c(C)c(C(=O)OCC)nn2-c2ccc(Cl)cc2Cl)s1. The average Bonchev–Trinajstić information content (AvgIpc) is 3.20. The highest BCUT2D eigenvalue weighted by Gasteiger charge is 2.24. The smallest absolute Gasteiger partial charge is 0.359 e. The first-order chi connectivity index (χ1) is 13.0. The highest BCUT2D eigenvalue weighted by molar-refractivity contribution is 7.16. The van der Waals surface area contributed by atoms with Crippen molar-refractivity contribution in [3.63, 3.8) is 0 Å². The number of benzene rings is 1. The summed E-state index contributed by atoms with van der Waals surface area (Å²) >= 11 is 14.1. The average molecular weight is 421 g/mol. The van der Waals surface area contributed by atoms with Gasteiger partial charge in [-0.2, -0.15) is 5.10 Å². The first-order valence-corrected chi connectivity index (χ1v) is 9.98. The maximum atomic E-state index is 12.4. The molecule has 0 atom stereocenters. The van der Waals surface area contributed by atoms with Gasteiger partial charge in [0.05, 0.1) is 27.9 Å². The summed E-state index contributed by atoms with van der Waals surface area (Å²) in [5, 5.41) is 5.51. The normalized spacial score (nSPS) is 11.3. The fourth-order valence-corrected chi connectivity index (χ4v) is 4.29. The lowest BCUT2D eigenvalue weighted by atomic mass is 10.1. The molecule has 0 amide bonds. The van der Waals surface area contributed by atoms with Crippen LogP contribution in [0.4, 0.5) is 0 Å². The van der Waals surface area contributed by atoms with E-state index in [2.05, 4.69) is 5.10 Å². The summed E-state index contributed by atoms with van der Waals surface area (Å²) in [6.07, 6.45) is 4.02. The van der Waals surface area contributed by atoms with E-state index < -0.39 is 5.97 Å². The van der Waals surface area contributed by atoms with Crippen LogP contribution in [-0.2, 0) is 4.74 Å². The number of carbonyl (C=O) groups is 1. The van der Waals surface area contributed by atoms with Crippen LogP contribution in [0.1, 0.15) is 34.8 Å². The molecule has 2 heterocycles. The van der Waals surface area contributed by atoms with E-state index in [1.807, 2.05) is 38.1 Å². The van der Waals surface area contributed by atoms with Crippen LogP contribution in [0.15, 0.2) is 36.4 Å². The molecule has 140 valence electrons. The molecule has 1 aromatic carbocycles. The minimum absolute atomic E-state index is 0.277. The Balaban J connectivity index is 2.23. The second-order valence-corrected chi connectivity index (χ2v) is 7.71. The van der Waals surface area contributed by atoms with Gasteiger partial charge >= 0.3 is 5.97 Å². The van der Waals surface area contributed by atoms with Crippen LogP contribution < -0.4 is 0 Å². The molecular weight excluding hydrogens is 403 g/mol. The van der Waals surface area contributed by atoms with E-state index >= 15 is 0 Å². The molecule has 3 rings (SSSR count). The molecule has 0 aliphatic rings. The van der Waals surface area contributed by atoms with Crippen molar-refractivity contribution < 1.29 is 9.53 Å². The van der Waals surface area contributed by atoms with Crippen LogP contribution in [0.3, 0.4) is 0 Å². The van der Waals surface area contributed by atoms with Gasteiger partial charge in [-0.05, 0) is 57.2 Å². The Morgan fingerprint density at radius 2 is 2.07 bits per heavy atom. The fraction of sp³-hybridized carbons (Fsp3) is 0.200. The molecule has 0 bridgehead atoms. The Hall–Kier alpha value is -2.08. The molecule has 27 heavy (non-hydrogen) atoms. The number of rotatable bonds is 5. The van der Waals surface area contributed by atoms with Crippen molar-refractivity contribution in [2.45, 2.75) is 20.8 Å². The summed E-state index contributed by atoms with van der Waals surface area (Å²) in [6.45, 7) is 5.89. The third kappa shape index (κ3) is 3.95. The van der Waals surface area contributed by atoms with E-state index in [1.165, 1.54) is 0 Å². The number of halogens is 2. The standard InChI is InChI=1S/C20H18Cl2N2O2S/c1-4-6-14-8-10-17(27-14)19-12(3)18(20(25)26-5-2)23-24(19)16-9-7-13(21)11-15(16)22/h4,6-11H,5H2,1-3H3. The van der Waals surface area contributed by atoms with Crippen LogP contribution in [0.5, 0.6) is 0 Å². The number of thiophene rings is 1. The molecule has 3 aromatic rings. The minimum Gasteiger partial charge on any atom is -0.461 e. The van der Waals surface area contributed by atoms with Gasteiger partial charge in [0.1, 0.15) is 0 Å². The second-order valence-electron chi connectivity index (χ2n) is 5.75. The van der Waals surface area contributed by atoms with E-state index in [4.69, 9.17) is 27.9 Å². The van der Waals surface area contributed by atoms with Crippen LogP contribution in [0, 0.1) is 6.92 Å². The number of carbonyl (C=O) groups excluding carboxylic acids is 1. The molecule has 0 saturated heterocycles. The van der Waals surface area contributed by atoms with Crippen LogP contribution >= 0.6 is 34.5 Å². The van der Waals surface area contributed by atoms with E-state index in [9.17, 15) is 4.79 Å².